The minimum Gasteiger partial charge on any atom is -0.315 e. The molecule has 0 bridgehead atoms. The SMILES string of the molecule is CCCNCCNCc1cc(Cl)cc(Cl)c1. The van der Waals surface area contributed by atoms with Gasteiger partial charge < -0.3 is 10.6 Å². The maximum absolute atomic E-state index is 5.91. The highest BCUT2D eigenvalue weighted by atomic mass is 35.5. The zero-order chi connectivity index (χ0) is 11.8. The molecule has 0 unspecified atom stereocenters. The van der Waals surface area contributed by atoms with E-state index < -0.39 is 0 Å². The van der Waals surface area contributed by atoms with E-state index >= 15 is 0 Å². The molecule has 1 aromatic carbocycles. The zero-order valence-corrected chi connectivity index (χ0v) is 11.0. The van der Waals surface area contributed by atoms with Crippen molar-refractivity contribution in [2.24, 2.45) is 0 Å². The molecule has 1 aromatic rings. The smallest absolute Gasteiger partial charge is 0.0424 e. The van der Waals surface area contributed by atoms with Crippen LogP contribution in [-0.2, 0) is 6.54 Å². The second-order valence-corrected chi connectivity index (χ2v) is 4.58. The lowest BCUT2D eigenvalue weighted by Crippen LogP contribution is -2.27. The van der Waals surface area contributed by atoms with Crippen molar-refractivity contribution in [2.45, 2.75) is 19.9 Å². The quantitative estimate of drug-likeness (QED) is 0.737. The fraction of sp³-hybridized carbons (Fsp3) is 0.500. The first-order valence-corrected chi connectivity index (χ1v) is 6.34. The highest BCUT2D eigenvalue weighted by Gasteiger charge is 1.97. The largest absolute Gasteiger partial charge is 0.315 e. The summed E-state index contributed by atoms with van der Waals surface area (Å²) < 4.78 is 0. The van der Waals surface area contributed by atoms with Crippen LogP contribution in [0.2, 0.25) is 10.0 Å². The van der Waals surface area contributed by atoms with E-state index in [9.17, 15) is 0 Å². The van der Waals surface area contributed by atoms with Crippen LogP contribution in [0.1, 0.15) is 18.9 Å². The van der Waals surface area contributed by atoms with E-state index in [0.717, 1.165) is 31.7 Å². The van der Waals surface area contributed by atoms with Crippen molar-refractivity contribution in [3.05, 3.63) is 33.8 Å². The summed E-state index contributed by atoms with van der Waals surface area (Å²) >= 11 is 11.8. The summed E-state index contributed by atoms with van der Waals surface area (Å²) in [5.41, 5.74) is 1.12. The van der Waals surface area contributed by atoms with Crippen LogP contribution >= 0.6 is 23.2 Å². The summed E-state index contributed by atoms with van der Waals surface area (Å²) in [5.74, 6) is 0. The molecule has 0 aliphatic rings. The Bertz CT molecular complexity index is 296. The minimum atomic E-state index is 0.688. The Morgan fingerprint density at radius 2 is 1.56 bits per heavy atom. The summed E-state index contributed by atoms with van der Waals surface area (Å²) in [5, 5.41) is 8.04. The molecular formula is C12H18Cl2N2. The molecule has 0 aliphatic heterocycles. The first kappa shape index (κ1) is 13.8. The topological polar surface area (TPSA) is 24.1 Å². The number of hydrogen-bond acceptors (Lipinski definition) is 2. The van der Waals surface area contributed by atoms with Crippen LogP contribution in [0.15, 0.2) is 18.2 Å². The van der Waals surface area contributed by atoms with Crippen molar-refractivity contribution < 1.29 is 0 Å². The maximum Gasteiger partial charge on any atom is 0.0424 e. The molecule has 2 N–H and O–H groups in total. The third kappa shape index (κ3) is 5.71. The van der Waals surface area contributed by atoms with Gasteiger partial charge in [-0.15, -0.1) is 0 Å². The van der Waals surface area contributed by atoms with Crippen molar-refractivity contribution in [1.29, 1.82) is 0 Å². The average Bonchev–Trinajstić information content (AvgIpc) is 2.22. The van der Waals surface area contributed by atoms with Crippen LogP contribution in [0.3, 0.4) is 0 Å². The van der Waals surface area contributed by atoms with Crippen LogP contribution in [0.4, 0.5) is 0 Å². The Labute approximate surface area is 107 Å². The molecule has 0 spiro atoms. The van der Waals surface area contributed by atoms with E-state index in [4.69, 9.17) is 23.2 Å². The first-order valence-electron chi connectivity index (χ1n) is 5.58. The molecule has 90 valence electrons. The lowest BCUT2D eigenvalue weighted by Gasteiger charge is -2.06. The van der Waals surface area contributed by atoms with Gasteiger partial charge in [0.25, 0.3) is 0 Å². The van der Waals surface area contributed by atoms with E-state index in [1.54, 1.807) is 6.07 Å². The third-order valence-electron chi connectivity index (χ3n) is 2.16. The Hall–Kier alpha value is -0.280. The molecule has 16 heavy (non-hydrogen) atoms. The number of halogens is 2. The van der Waals surface area contributed by atoms with Gasteiger partial charge in [0.2, 0.25) is 0 Å². The summed E-state index contributed by atoms with van der Waals surface area (Å²) in [6, 6.07) is 5.61. The van der Waals surface area contributed by atoms with E-state index in [1.165, 1.54) is 6.42 Å². The van der Waals surface area contributed by atoms with Crippen molar-refractivity contribution in [3.8, 4) is 0 Å². The molecule has 0 fully saturated rings. The number of nitrogens with one attached hydrogen (secondary N) is 2. The Balaban J connectivity index is 2.21. The Kier molecular flexibility index (Phi) is 6.81. The molecule has 4 heteroatoms. The van der Waals surface area contributed by atoms with E-state index in [0.29, 0.717) is 10.0 Å². The predicted molar refractivity (Wildman–Crippen MR) is 71.3 cm³/mol. The predicted octanol–water partition coefficient (Wildman–Crippen LogP) is 3.08. The minimum absolute atomic E-state index is 0.688. The Morgan fingerprint density at radius 3 is 2.19 bits per heavy atom. The zero-order valence-electron chi connectivity index (χ0n) is 9.52. The molecule has 0 heterocycles. The van der Waals surface area contributed by atoms with Crippen molar-refractivity contribution in [3.63, 3.8) is 0 Å². The summed E-state index contributed by atoms with van der Waals surface area (Å²) in [6.45, 7) is 5.97. The molecule has 0 amide bonds. The van der Waals surface area contributed by atoms with Gasteiger partial charge in [0.1, 0.15) is 0 Å². The summed E-state index contributed by atoms with van der Waals surface area (Å²) in [7, 11) is 0. The van der Waals surface area contributed by atoms with Crippen LogP contribution < -0.4 is 10.6 Å². The standard InChI is InChI=1S/C12H18Cl2N2/c1-2-3-15-4-5-16-9-10-6-11(13)8-12(14)7-10/h6-8,15-16H,2-5,9H2,1H3. The monoisotopic (exact) mass is 260 g/mol. The summed E-state index contributed by atoms with van der Waals surface area (Å²) in [4.78, 5) is 0. The van der Waals surface area contributed by atoms with Crippen molar-refractivity contribution in [1.82, 2.24) is 10.6 Å². The van der Waals surface area contributed by atoms with Gasteiger partial charge in [-0.2, -0.15) is 0 Å². The van der Waals surface area contributed by atoms with Gasteiger partial charge in [-0.25, -0.2) is 0 Å². The first-order chi connectivity index (χ1) is 7.72. The molecule has 0 atom stereocenters. The average molecular weight is 261 g/mol. The third-order valence-corrected chi connectivity index (χ3v) is 2.59. The van der Waals surface area contributed by atoms with Gasteiger partial charge in [0.05, 0.1) is 0 Å². The van der Waals surface area contributed by atoms with Crippen molar-refractivity contribution in [2.75, 3.05) is 19.6 Å². The lowest BCUT2D eigenvalue weighted by atomic mass is 10.2. The van der Waals surface area contributed by atoms with Gasteiger partial charge in [-0.3, -0.25) is 0 Å². The van der Waals surface area contributed by atoms with Crippen LogP contribution in [0.25, 0.3) is 0 Å². The fourth-order valence-electron chi connectivity index (χ4n) is 1.42. The molecule has 0 aliphatic carbocycles. The fourth-order valence-corrected chi connectivity index (χ4v) is 2.00. The summed E-state index contributed by atoms with van der Waals surface area (Å²) in [6.07, 6.45) is 1.17. The molecular weight excluding hydrogens is 243 g/mol. The van der Waals surface area contributed by atoms with Gasteiger partial charge in [0, 0.05) is 29.7 Å². The molecule has 0 aromatic heterocycles. The molecule has 2 nitrogen and oxygen atoms in total. The van der Waals surface area contributed by atoms with Crippen molar-refractivity contribution >= 4 is 23.2 Å². The van der Waals surface area contributed by atoms with E-state index in [-0.39, 0.29) is 0 Å². The normalized spacial score (nSPS) is 10.7. The maximum atomic E-state index is 5.91. The van der Waals surface area contributed by atoms with Crippen LogP contribution in [0.5, 0.6) is 0 Å². The highest BCUT2D eigenvalue weighted by molar-refractivity contribution is 6.34. The van der Waals surface area contributed by atoms with Gasteiger partial charge in [-0.05, 0) is 36.7 Å². The number of hydrogen-bond donors (Lipinski definition) is 2. The second kappa shape index (κ2) is 7.91. The lowest BCUT2D eigenvalue weighted by molar-refractivity contribution is 0.607. The van der Waals surface area contributed by atoms with Gasteiger partial charge in [-0.1, -0.05) is 30.1 Å². The van der Waals surface area contributed by atoms with E-state index in [1.807, 2.05) is 12.1 Å². The highest BCUT2D eigenvalue weighted by Crippen LogP contribution is 2.18. The Morgan fingerprint density at radius 1 is 0.938 bits per heavy atom. The van der Waals surface area contributed by atoms with Crippen LogP contribution in [0, 0.1) is 0 Å². The molecule has 0 saturated heterocycles. The molecule has 0 radical (unpaired) electrons. The molecule has 0 saturated carbocycles. The number of benzene rings is 1. The van der Waals surface area contributed by atoms with Gasteiger partial charge >= 0.3 is 0 Å². The van der Waals surface area contributed by atoms with Gasteiger partial charge in [0.15, 0.2) is 0 Å². The second-order valence-electron chi connectivity index (χ2n) is 3.70. The van der Waals surface area contributed by atoms with Crippen LogP contribution in [-0.4, -0.2) is 19.6 Å². The molecule has 1 rings (SSSR count). The number of rotatable bonds is 7. The van der Waals surface area contributed by atoms with E-state index in [2.05, 4.69) is 17.6 Å².